The third-order valence-electron chi connectivity index (χ3n) is 2.67. The largest absolute Gasteiger partial charge is 0.508 e. The van der Waals surface area contributed by atoms with E-state index in [1.54, 1.807) is 6.07 Å². The number of aromatic hydroxyl groups is 1. The molecule has 1 aliphatic heterocycles. The van der Waals surface area contributed by atoms with Crippen LogP contribution < -0.4 is 5.32 Å². The minimum absolute atomic E-state index is 0.343. The van der Waals surface area contributed by atoms with Gasteiger partial charge in [-0.05, 0) is 43.1 Å². The summed E-state index contributed by atoms with van der Waals surface area (Å²) in [5, 5.41) is 12.9. The summed E-state index contributed by atoms with van der Waals surface area (Å²) in [4.78, 5) is 0. The molecule has 0 unspecified atom stereocenters. The molecule has 2 N–H and O–H groups in total. The van der Waals surface area contributed by atoms with Crippen LogP contribution in [0.3, 0.4) is 0 Å². The molecular weight excluding hydrogens is 242 g/mol. The summed E-state index contributed by atoms with van der Waals surface area (Å²) in [6.45, 7) is 1.08. The van der Waals surface area contributed by atoms with Gasteiger partial charge >= 0.3 is 0 Å². The van der Waals surface area contributed by atoms with Crippen molar-refractivity contribution in [2.24, 2.45) is 0 Å². The van der Waals surface area contributed by atoms with E-state index < -0.39 is 0 Å². The van der Waals surface area contributed by atoms with Crippen LogP contribution >= 0.6 is 15.9 Å². The van der Waals surface area contributed by atoms with E-state index >= 15 is 0 Å². The molecule has 76 valence electrons. The third kappa shape index (κ3) is 2.10. The van der Waals surface area contributed by atoms with Crippen molar-refractivity contribution in [3.8, 4) is 5.75 Å². The van der Waals surface area contributed by atoms with Crippen molar-refractivity contribution in [3.63, 3.8) is 0 Å². The van der Waals surface area contributed by atoms with Crippen molar-refractivity contribution < 1.29 is 5.11 Å². The highest BCUT2D eigenvalue weighted by Crippen LogP contribution is 2.31. The lowest BCUT2D eigenvalue weighted by Gasteiger charge is -2.24. The van der Waals surface area contributed by atoms with Crippen LogP contribution in [0.5, 0.6) is 5.75 Å². The number of hydrogen-bond donors (Lipinski definition) is 2. The highest BCUT2D eigenvalue weighted by molar-refractivity contribution is 9.10. The highest BCUT2D eigenvalue weighted by atomic mass is 79.9. The number of piperidine rings is 1. The van der Waals surface area contributed by atoms with Crippen LogP contribution in [0.4, 0.5) is 0 Å². The van der Waals surface area contributed by atoms with Gasteiger partial charge in [0.25, 0.3) is 0 Å². The first-order chi connectivity index (χ1) is 6.77. The lowest BCUT2D eigenvalue weighted by atomic mass is 9.97. The Hall–Kier alpha value is -0.540. The van der Waals surface area contributed by atoms with Gasteiger partial charge in [0.2, 0.25) is 0 Å². The van der Waals surface area contributed by atoms with Gasteiger partial charge < -0.3 is 10.4 Å². The van der Waals surface area contributed by atoms with Gasteiger partial charge in [-0.25, -0.2) is 0 Å². The van der Waals surface area contributed by atoms with E-state index in [9.17, 15) is 5.11 Å². The summed E-state index contributed by atoms with van der Waals surface area (Å²) in [6.07, 6.45) is 3.68. The smallest absolute Gasteiger partial charge is 0.115 e. The molecule has 1 aliphatic rings. The molecule has 0 aromatic heterocycles. The van der Waals surface area contributed by atoms with Gasteiger partial charge in [-0.2, -0.15) is 0 Å². The number of hydrogen-bond acceptors (Lipinski definition) is 2. The Balaban J connectivity index is 2.24. The molecule has 0 amide bonds. The fourth-order valence-electron chi connectivity index (χ4n) is 1.92. The van der Waals surface area contributed by atoms with Gasteiger partial charge in [-0.3, -0.25) is 0 Å². The number of nitrogens with one attached hydrogen (secondary N) is 1. The molecule has 1 aromatic rings. The molecule has 0 saturated carbocycles. The summed E-state index contributed by atoms with van der Waals surface area (Å²) in [6, 6.07) is 5.84. The molecule has 0 radical (unpaired) electrons. The first kappa shape index (κ1) is 9.99. The van der Waals surface area contributed by atoms with Crippen LogP contribution in [0.2, 0.25) is 0 Å². The first-order valence-electron chi connectivity index (χ1n) is 4.99. The lowest BCUT2D eigenvalue weighted by Crippen LogP contribution is -2.26. The Morgan fingerprint density at radius 2 is 2.21 bits per heavy atom. The van der Waals surface area contributed by atoms with Gasteiger partial charge in [0.15, 0.2) is 0 Å². The second-order valence-corrected chi connectivity index (χ2v) is 4.56. The van der Waals surface area contributed by atoms with Crippen molar-refractivity contribution in [2.75, 3.05) is 6.54 Å². The topological polar surface area (TPSA) is 32.3 Å². The first-order valence-corrected chi connectivity index (χ1v) is 5.78. The Morgan fingerprint density at radius 3 is 2.93 bits per heavy atom. The zero-order valence-corrected chi connectivity index (χ0v) is 9.55. The molecule has 1 saturated heterocycles. The van der Waals surface area contributed by atoms with Crippen molar-refractivity contribution in [1.29, 1.82) is 0 Å². The molecule has 1 heterocycles. The Labute approximate surface area is 92.5 Å². The molecular formula is C11H14BrNO. The second kappa shape index (κ2) is 4.32. The summed E-state index contributed by atoms with van der Waals surface area (Å²) >= 11 is 3.51. The predicted molar refractivity (Wildman–Crippen MR) is 60.4 cm³/mol. The van der Waals surface area contributed by atoms with Crippen LogP contribution in [0.1, 0.15) is 30.9 Å². The van der Waals surface area contributed by atoms with Crippen LogP contribution in [-0.4, -0.2) is 11.7 Å². The van der Waals surface area contributed by atoms with Crippen LogP contribution in [-0.2, 0) is 0 Å². The minimum Gasteiger partial charge on any atom is -0.508 e. The van der Waals surface area contributed by atoms with E-state index in [2.05, 4.69) is 21.2 Å². The molecule has 2 nitrogen and oxygen atoms in total. The number of phenolic OH excluding ortho intramolecular Hbond substituents is 1. The maximum Gasteiger partial charge on any atom is 0.115 e. The fourth-order valence-corrected chi connectivity index (χ4v) is 2.44. The van der Waals surface area contributed by atoms with Gasteiger partial charge in [-0.15, -0.1) is 0 Å². The lowest BCUT2D eigenvalue weighted by molar-refractivity contribution is 0.408. The van der Waals surface area contributed by atoms with Crippen LogP contribution in [0, 0.1) is 0 Å². The van der Waals surface area contributed by atoms with Crippen molar-refractivity contribution in [2.45, 2.75) is 25.3 Å². The summed E-state index contributed by atoms with van der Waals surface area (Å²) in [5.41, 5.74) is 1.17. The molecule has 1 fully saturated rings. The number of rotatable bonds is 1. The van der Waals surface area contributed by atoms with E-state index in [4.69, 9.17) is 0 Å². The van der Waals surface area contributed by atoms with Gasteiger partial charge in [0.05, 0.1) is 0 Å². The molecule has 2 rings (SSSR count). The van der Waals surface area contributed by atoms with Crippen LogP contribution in [0.25, 0.3) is 0 Å². The van der Waals surface area contributed by atoms with E-state index in [-0.39, 0.29) is 0 Å². The van der Waals surface area contributed by atoms with E-state index in [0.717, 1.165) is 17.4 Å². The SMILES string of the molecule is Oc1ccc(Br)c([C@@H]2CCCCN2)c1. The predicted octanol–water partition coefficient (Wildman–Crippen LogP) is 2.97. The molecule has 0 bridgehead atoms. The molecule has 1 aromatic carbocycles. The average Bonchev–Trinajstić information content (AvgIpc) is 2.23. The quantitative estimate of drug-likeness (QED) is 0.809. The standard InChI is InChI=1S/C11H14BrNO/c12-10-5-4-8(14)7-9(10)11-3-1-2-6-13-11/h4-5,7,11,13-14H,1-3,6H2/t11-/m0/s1. The van der Waals surface area contributed by atoms with Crippen molar-refractivity contribution >= 4 is 15.9 Å². The minimum atomic E-state index is 0.343. The summed E-state index contributed by atoms with van der Waals surface area (Å²) < 4.78 is 1.08. The van der Waals surface area contributed by atoms with E-state index in [0.29, 0.717) is 11.8 Å². The van der Waals surface area contributed by atoms with E-state index in [1.165, 1.54) is 18.4 Å². The fraction of sp³-hybridized carbons (Fsp3) is 0.455. The zero-order chi connectivity index (χ0) is 9.97. The molecule has 0 spiro atoms. The van der Waals surface area contributed by atoms with Gasteiger partial charge in [-0.1, -0.05) is 22.4 Å². The van der Waals surface area contributed by atoms with Crippen LogP contribution in [0.15, 0.2) is 22.7 Å². The van der Waals surface area contributed by atoms with E-state index in [1.807, 2.05) is 12.1 Å². The normalized spacial score (nSPS) is 22.2. The molecule has 3 heteroatoms. The maximum atomic E-state index is 9.42. The van der Waals surface area contributed by atoms with Crippen molar-refractivity contribution in [3.05, 3.63) is 28.2 Å². The monoisotopic (exact) mass is 255 g/mol. The Bertz CT molecular complexity index is 321. The summed E-state index contributed by atoms with van der Waals surface area (Å²) in [5.74, 6) is 0.343. The average molecular weight is 256 g/mol. The number of phenols is 1. The second-order valence-electron chi connectivity index (χ2n) is 3.71. The third-order valence-corrected chi connectivity index (χ3v) is 3.39. The molecule has 14 heavy (non-hydrogen) atoms. The molecule has 0 aliphatic carbocycles. The molecule has 1 atom stereocenters. The number of halogens is 1. The van der Waals surface area contributed by atoms with Gasteiger partial charge in [0, 0.05) is 10.5 Å². The summed E-state index contributed by atoms with van der Waals surface area (Å²) in [7, 11) is 0. The van der Waals surface area contributed by atoms with Gasteiger partial charge in [0.1, 0.15) is 5.75 Å². The highest BCUT2D eigenvalue weighted by Gasteiger charge is 2.17. The number of benzene rings is 1. The van der Waals surface area contributed by atoms with Crippen molar-refractivity contribution in [1.82, 2.24) is 5.32 Å². The Morgan fingerprint density at radius 1 is 1.36 bits per heavy atom. The zero-order valence-electron chi connectivity index (χ0n) is 7.96. The Kier molecular flexibility index (Phi) is 3.08. The maximum absolute atomic E-state index is 9.42.